The van der Waals surface area contributed by atoms with Crippen LogP contribution >= 0.6 is 23.2 Å². The van der Waals surface area contributed by atoms with Crippen LogP contribution in [0.3, 0.4) is 0 Å². The Labute approximate surface area is 115 Å². The fourth-order valence-electron chi connectivity index (χ4n) is 1.67. The van der Waals surface area contributed by atoms with Crippen LogP contribution in [0, 0.1) is 4.91 Å². The van der Waals surface area contributed by atoms with Gasteiger partial charge in [0.25, 0.3) is 0 Å². The summed E-state index contributed by atoms with van der Waals surface area (Å²) in [6.45, 7) is 0. The van der Waals surface area contributed by atoms with E-state index in [2.05, 4.69) is 5.18 Å². The van der Waals surface area contributed by atoms with Crippen molar-refractivity contribution >= 4 is 23.2 Å². The standard InChI is InChI=1S/C13H11Cl2NO2/c14-12(16-17)8-10-3-1-9(2-4-10)7-11-5-6-13(15)18-11/h1-6,12H,7-8H2. The summed E-state index contributed by atoms with van der Waals surface area (Å²) in [5, 5.41) is 3.15. The molecule has 0 aliphatic rings. The molecule has 0 saturated carbocycles. The molecule has 1 heterocycles. The van der Waals surface area contributed by atoms with Gasteiger partial charge in [0, 0.05) is 12.8 Å². The third-order valence-electron chi connectivity index (χ3n) is 2.55. The average molecular weight is 284 g/mol. The molecule has 1 atom stereocenters. The van der Waals surface area contributed by atoms with E-state index >= 15 is 0 Å². The average Bonchev–Trinajstić information content (AvgIpc) is 2.77. The molecule has 1 aromatic heterocycles. The van der Waals surface area contributed by atoms with E-state index in [1.165, 1.54) is 0 Å². The van der Waals surface area contributed by atoms with Crippen molar-refractivity contribution < 1.29 is 4.42 Å². The first kappa shape index (κ1) is 13.1. The Bertz CT molecular complexity index is 522. The van der Waals surface area contributed by atoms with Crippen LogP contribution in [-0.2, 0) is 12.8 Å². The molecule has 0 fully saturated rings. The highest BCUT2D eigenvalue weighted by Crippen LogP contribution is 2.18. The van der Waals surface area contributed by atoms with Crippen molar-refractivity contribution in [3.63, 3.8) is 0 Å². The van der Waals surface area contributed by atoms with Crippen LogP contribution < -0.4 is 0 Å². The maximum Gasteiger partial charge on any atom is 0.193 e. The summed E-state index contributed by atoms with van der Waals surface area (Å²) in [4.78, 5) is 10.2. The summed E-state index contributed by atoms with van der Waals surface area (Å²) in [6.07, 6.45) is 1.13. The Hall–Kier alpha value is -1.32. The van der Waals surface area contributed by atoms with Gasteiger partial charge in [0.05, 0.1) is 0 Å². The molecule has 2 rings (SSSR count). The molecule has 0 bridgehead atoms. The van der Waals surface area contributed by atoms with E-state index in [-0.39, 0.29) is 0 Å². The van der Waals surface area contributed by atoms with E-state index < -0.39 is 5.50 Å². The van der Waals surface area contributed by atoms with Crippen LogP contribution in [-0.4, -0.2) is 5.50 Å². The number of nitrogens with zero attached hydrogens (tertiary/aromatic N) is 1. The van der Waals surface area contributed by atoms with E-state index in [9.17, 15) is 4.91 Å². The first-order valence-corrected chi connectivity index (χ1v) is 6.27. The smallest absolute Gasteiger partial charge is 0.193 e. The monoisotopic (exact) mass is 283 g/mol. The minimum Gasteiger partial charge on any atom is -0.449 e. The van der Waals surface area contributed by atoms with Gasteiger partial charge in [-0.15, -0.1) is 4.91 Å². The third kappa shape index (κ3) is 3.59. The first-order valence-electron chi connectivity index (χ1n) is 5.46. The van der Waals surface area contributed by atoms with Gasteiger partial charge in [-0.1, -0.05) is 35.9 Å². The van der Waals surface area contributed by atoms with Crippen molar-refractivity contribution in [1.29, 1.82) is 0 Å². The van der Waals surface area contributed by atoms with Gasteiger partial charge in [-0.3, -0.25) is 0 Å². The minimum absolute atomic E-state index is 0.392. The molecule has 94 valence electrons. The molecule has 1 unspecified atom stereocenters. The molecule has 18 heavy (non-hydrogen) atoms. The van der Waals surface area contributed by atoms with Crippen molar-refractivity contribution in [3.8, 4) is 0 Å². The van der Waals surface area contributed by atoms with Crippen LogP contribution in [0.15, 0.2) is 46.0 Å². The molecule has 2 aromatic rings. The molecule has 3 nitrogen and oxygen atoms in total. The Balaban J connectivity index is 2.01. The summed E-state index contributed by atoms with van der Waals surface area (Å²) in [6, 6.07) is 11.4. The van der Waals surface area contributed by atoms with Gasteiger partial charge >= 0.3 is 0 Å². The Morgan fingerprint density at radius 3 is 2.33 bits per heavy atom. The summed E-state index contributed by atoms with van der Waals surface area (Å²) in [5.41, 5.74) is 1.38. The lowest BCUT2D eigenvalue weighted by atomic mass is 10.1. The van der Waals surface area contributed by atoms with E-state index in [1.807, 2.05) is 30.3 Å². The van der Waals surface area contributed by atoms with Crippen LogP contribution in [0.25, 0.3) is 0 Å². The second-order valence-electron chi connectivity index (χ2n) is 3.94. The number of furan rings is 1. The highest BCUT2D eigenvalue weighted by Gasteiger charge is 2.06. The zero-order valence-electron chi connectivity index (χ0n) is 9.48. The topological polar surface area (TPSA) is 42.6 Å². The molecule has 0 aliphatic carbocycles. The SMILES string of the molecule is O=NC(Cl)Cc1ccc(Cc2ccc(Cl)o2)cc1. The predicted octanol–water partition coefficient (Wildman–Crippen LogP) is 4.40. The minimum atomic E-state index is -0.709. The van der Waals surface area contributed by atoms with Crippen molar-refractivity contribution in [2.45, 2.75) is 18.3 Å². The summed E-state index contributed by atoms with van der Waals surface area (Å²) < 4.78 is 5.29. The Kier molecular flexibility index (Phi) is 4.39. The van der Waals surface area contributed by atoms with Gasteiger partial charge in [0.2, 0.25) is 0 Å². The van der Waals surface area contributed by atoms with Gasteiger partial charge in [0.1, 0.15) is 5.76 Å². The molecule has 0 N–H and O–H groups in total. The number of hydrogen-bond acceptors (Lipinski definition) is 3. The van der Waals surface area contributed by atoms with E-state index in [0.717, 1.165) is 16.9 Å². The van der Waals surface area contributed by atoms with Crippen LogP contribution in [0.2, 0.25) is 5.22 Å². The van der Waals surface area contributed by atoms with E-state index in [0.29, 0.717) is 18.1 Å². The van der Waals surface area contributed by atoms with Gasteiger partial charge in [-0.05, 0) is 40.0 Å². The lowest BCUT2D eigenvalue weighted by Gasteiger charge is -2.03. The zero-order valence-corrected chi connectivity index (χ0v) is 11.0. The fraction of sp³-hybridized carbons (Fsp3) is 0.231. The van der Waals surface area contributed by atoms with Gasteiger partial charge in [-0.25, -0.2) is 0 Å². The van der Waals surface area contributed by atoms with E-state index in [1.54, 1.807) is 6.07 Å². The second kappa shape index (κ2) is 6.03. The molecule has 5 heteroatoms. The lowest BCUT2D eigenvalue weighted by molar-refractivity contribution is 0.523. The van der Waals surface area contributed by atoms with Crippen LogP contribution in [0.1, 0.15) is 16.9 Å². The fourth-order valence-corrected chi connectivity index (χ4v) is 2.01. The Morgan fingerprint density at radius 2 is 1.78 bits per heavy atom. The number of rotatable bonds is 5. The third-order valence-corrected chi connectivity index (χ3v) is 2.99. The zero-order chi connectivity index (χ0) is 13.0. The van der Waals surface area contributed by atoms with Crippen molar-refractivity contribution in [2.75, 3.05) is 0 Å². The van der Waals surface area contributed by atoms with Crippen molar-refractivity contribution in [2.24, 2.45) is 5.18 Å². The van der Waals surface area contributed by atoms with Crippen LogP contribution in [0.4, 0.5) is 0 Å². The van der Waals surface area contributed by atoms with Gasteiger partial charge in [-0.2, -0.15) is 0 Å². The number of benzene rings is 1. The van der Waals surface area contributed by atoms with Crippen LogP contribution in [0.5, 0.6) is 0 Å². The molecule has 0 spiro atoms. The molecule has 1 aromatic carbocycles. The molecule has 0 saturated heterocycles. The predicted molar refractivity (Wildman–Crippen MR) is 72.1 cm³/mol. The van der Waals surface area contributed by atoms with Crippen molar-refractivity contribution in [1.82, 2.24) is 0 Å². The molecule has 0 amide bonds. The number of hydrogen-bond donors (Lipinski definition) is 0. The summed E-state index contributed by atoms with van der Waals surface area (Å²) >= 11 is 11.4. The number of nitroso groups, excluding NO2 is 1. The lowest BCUT2D eigenvalue weighted by Crippen LogP contribution is -1.98. The maximum absolute atomic E-state index is 10.2. The second-order valence-corrected chi connectivity index (χ2v) is 4.82. The van der Waals surface area contributed by atoms with Crippen molar-refractivity contribution in [3.05, 3.63) is 63.4 Å². The van der Waals surface area contributed by atoms with E-state index in [4.69, 9.17) is 27.6 Å². The quantitative estimate of drug-likeness (QED) is 0.464. The number of alkyl halides is 1. The largest absolute Gasteiger partial charge is 0.449 e. The highest BCUT2D eigenvalue weighted by atomic mass is 35.5. The molecular weight excluding hydrogens is 273 g/mol. The molecular formula is C13H11Cl2NO2. The number of halogens is 2. The summed E-state index contributed by atoms with van der Waals surface area (Å²) in [7, 11) is 0. The van der Waals surface area contributed by atoms with Gasteiger partial charge in [0.15, 0.2) is 10.7 Å². The summed E-state index contributed by atoms with van der Waals surface area (Å²) in [5.74, 6) is 0.817. The molecule has 0 aliphatic heterocycles. The Morgan fingerprint density at radius 1 is 1.11 bits per heavy atom. The first-order chi connectivity index (χ1) is 8.67. The normalized spacial score (nSPS) is 12.3. The highest BCUT2D eigenvalue weighted by molar-refractivity contribution is 6.28. The maximum atomic E-state index is 10.2. The van der Waals surface area contributed by atoms with Gasteiger partial charge < -0.3 is 4.42 Å². The molecule has 0 radical (unpaired) electrons.